The number of phenols is 1. The van der Waals surface area contributed by atoms with Crippen LogP contribution in [-0.2, 0) is 10.8 Å². The van der Waals surface area contributed by atoms with E-state index in [0.29, 0.717) is 5.75 Å². The molecule has 0 aliphatic rings. The summed E-state index contributed by atoms with van der Waals surface area (Å²) in [5.41, 5.74) is 3.39. The molecule has 3 nitrogen and oxygen atoms in total. The Morgan fingerprint density at radius 3 is 1.60 bits per heavy atom. The molecule has 25 heavy (non-hydrogen) atoms. The fourth-order valence-corrected chi connectivity index (χ4v) is 3.22. The summed E-state index contributed by atoms with van der Waals surface area (Å²) < 4.78 is 0. The van der Waals surface area contributed by atoms with Crippen LogP contribution in [-0.4, -0.2) is 22.4 Å². The molecule has 2 N–H and O–H groups in total. The number of aromatic hydroxyl groups is 1. The van der Waals surface area contributed by atoms with E-state index >= 15 is 0 Å². The standard InChI is InChI=1S/C22H31NO2/c1-21(2,3)17-13-16(14-18(20(17)24)22(4,5)6)19(23(7)25)15-11-9-8-10-12-15/h8-14,19,24-25H,1-7H3. The first-order chi connectivity index (χ1) is 11.4. The molecule has 0 amide bonds. The molecule has 0 bridgehead atoms. The maximum absolute atomic E-state index is 10.9. The zero-order valence-corrected chi connectivity index (χ0v) is 16.5. The number of hydrogen-bond acceptors (Lipinski definition) is 3. The van der Waals surface area contributed by atoms with Gasteiger partial charge >= 0.3 is 0 Å². The number of hydroxylamine groups is 2. The molecule has 0 aliphatic heterocycles. The van der Waals surface area contributed by atoms with Crippen molar-refractivity contribution in [2.45, 2.75) is 58.4 Å². The predicted molar refractivity (Wildman–Crippen MR) is 103 cm³/mol. The summed E-state index contributed by atoms with van der Waals surface area (Å²) in [5, 5.41) is 22.5. The van der Waals surface area contributed by atoms with E-state index in [1.54, 1.807) is 7.05 Å². The smallest absolute Gasteiger partial charge is 0.123 e. The normalized spacial score (nSPS) is 14.0. The van der Waals surface area contributed by atoms with E-state index in [1.165, 1.54) is 5.06 Å². The Morgan fingerprint density at radius 2 is 1.24 bits per heavy atom. The molecule has 2 aromatic rings. The second-order valence-corrected chi connectivity index (χ2v) is 8.85. The van der Waals surface area contributed by atoms with Crippen LogP contribution in [0.3, 0.4) is 0 Å². The monoisotopic (exact) mass is 341 g/mol. The molecule has 2 aromatic carbocycles. The minimum atomic E-state index is -0.288. The lowest BCUT2D eigenvalue weighted by atomic mass is 9.77. The van der Waals surface area contributed by atoms with E-state index in [4.69, 9.17) is 0 Å². The molecule has 0 fully saturated rings. The predicted octanol–water partition coefficient (Wildman–Crippen LogP) is 5.40. The van der Waals surface area contributed by atoms with E-state index in [2.05, 4.69) is 41.5 Å². The second kappa shape index (κ2) is 6.81. The molecule has 0 spiro atoms. The van der Waals surface area contributed by atoms with E-state index in [1.807, 2.05) is 42.5 Å². The average molecular weight is 341 g/mol. The zero-order valence-electron chi connectivity index (χ0n) is 16.5. The third kappa shape index (κ3) is 4.23. The Labute approximate surface area is 151 Å². The van der Waals surface area contributed by atoms with Gasteiger partial charge < -0.3 is 10.3 Å². The highest BCUT2D eigenvalue weighted by molar-refractivity contribution is 5.51. The fraction of sp³-hybridized carbons (Fsp3) is 0.455. The van der Waals surface area contributed by atoms with Gasteiger partial charge in [-0.3, -0.25) is 0 Å². The molecular weight excluding hydrogens is 310 g/mol. The van der Waals surface area contributed by atoms with Crippen molar-refractivity contribution in [1.29, 1.82) is 0 Å². The van der Waals surface area contributed by atoms with Crippen LogP contribution < -0.4 is 0 Å². The first-order valence-corrected chi connectivity index (χ1v) is 8.77. The van der Waals surface area contributed by atoms with Crippen molar-refractivity contribution in [3.8, 4) is 5.75 Å². The van der Waals surface area contributed by atoms with Crippen molar-refractivity contribution in [2.24, 2.45) is 0 Å². The molecule has 0 saturated carbocycles. The molecule has 0 saturated heterocycles. The molecule has 1 atom stereocenters. The maximum Gasteiger partial charge on any atom is 0.123 e. The fourth-order valence-electron chi connectivity index (χ4n) is 3.22. The summed E-state index contributed by atoms with van der Waals surface area (Å²) in [4.78, 5) is 0. The lowest BCUT2D eigenvalue weighted by Crippen LogP contribution is -2.24. The van der Waals surface area contributed by atoms with Crippen molar-refractivity contribution in [3.05, 3.63) is 64.7 Å². The molecule has 136 valence electrons. The van der Waals surface area contributed by atoms with Gasteiger partial charge in [0.25, 0.3) is 0 Å². The van der Waals surface area contributed by atoms with Crippen LogP contribution in [0.2, 0.25) is 0 Å². The van der Waals surface area contributed by atoms with Crippen LogP contribution in [0.15, 0.2) is 42.5 Å². The number of hydrogen-bond donors (Lipinski definition) is 2. The Morgan fingerprint density at radius 1 is 0.800 bits per heavy atom. The Hall–Kier alpha value is -1.84. The molecule has 1 unspecified atom stereocenters. The Kier molecular flexibility index (Phi) is 5.31. The summed E-state index contributed by atoms with van der Waals surface area (Å²) >= 11 is 0. The van der Waals surface area contributed by atoms with Gasteiger partial charge in [0.2, 0.25) is 0 Å². The topological polar surface area (TPSA) is 43.7 Å². The Balaban J connectivity index is 2.75. The van der Waals surface area contributed by atoms with Crippen molar-refractivity contribution in [3.63, 3.8) is 0 Å². The van der Waals surface area contributed by atoms with E-state index in [-0.39, 0.29) is 16.9 Å². The number of nitrogens with zero attached hydrogens (tertiary/aromatic N) is 1. The van der Waals surface area contributed by atoms with Crippen molar-refractivity contribution in [1.82, 2.24) is 5.06 Å². The third-order valence-corrected chi connectivity index (χ3v) is 4.55. The lowest BCUT2D eigenvalue weighted by Gasteiger charge is -2.31. The molecule has 3 heteroatoms. The van der Waals surface area contributed by atoms with Gasteiger partial charge in [0, 0.05) is 7.05 Å². The zero-order chi connectivity index (χ0) is 19.0. The molecule has 0 radical (unpaired) electrons. The number of benzene rings is 2. The quantitative estimate of drug-likeness (QED) is 0.735. The average Bonchev–Trinajstić information content (AvgIpc) is 2.47. The highest BCUT2D eigenvalue weighted by atomic mass is 16.5. The first-order valence-electron chi connectivity index (χ1n) is 8.77. The first kappa shape index (κ1) is 19.5. The van der Waals surface area contributed by atoms with E-state index in [9.17, 15) is 10.3 Å². The van der Waals surface area contributed by atoms with Gasteiger partial charge in [0.05, 0.1) is 6.04 Å². The van der Waals surface area contributed by atoms with E-state index < -0.39 is 0 Å². The summed E-state index contributed by atoms with van der Waals surface area (Å²) in [6, 6.07) is 13.7. The van der Waals surface area contributed by atoms with Crippen LogP contribution in [0, 0.1) is 0 Å². The van der Waals surface area contributed by atoms with Gasteiger partial charge in [-0.15, -0.1) is 0 Å². The summed E-state index contributed by atoms with van der Waals surface area (Å²) in [6.07, 6.45) is 0. The molecule has 2 rings (SSSR count). The molecule has 0 heterocycles. The lowest BCUT2D eigenvalue weighted by molar-refractivity contribution is -0.0916. The highest BCUT2D eigenvalue weighted by Crippen LogP contribution is 2.42. The molecule has 0 aromatic heterocycles. The summed E-state index contributed by atoms with van der Waals surface area (Å²) in [6.45, 7) is 12.6. The van der Waals surface area contributed by atoms with Crippen LogP contribution in [0.4, 0.5) is 0 Å². The largest absolute Gasteiger partial charge is 0.507 e. The number of rotatable bonds is 3. The maximum atomic E-state index is 10.9. The minimum absolute atomic E-state index is 0.199. The summed E-state index contributed by atoms with van der Waals surface area (Å²) in [7, 11) is 1.66. The molecular formula is C22H31NO2. The Bertz CT molecular complexity index is 687. The van der Waals surface area contributed by atoms with Crippen LogP contribution in [0.5, 0.6) is 5.75 Å². The van der Waals surface area contributed by atoms with Gasteiger partial charge in [-0.2, -0.15) is 5.06 Å². The highest BCUT2D eigenvalue weighted by Gasteiger charge is 2.29. The van der Waals surface area contributed by atoms with Gasteiger partial charge in [-0.1, -0.05) is 71.9 Å². The van der Waals surface area contributed by atoms with Crippen LogP contribution in [0.25, 0.3) is 0 Å². The van der Waals surface area contributed by atoms with Crippen LogP contribution in [0.1, 0.15) is 69.8 Å². The second-order valence-electron chi connectivity index (χ2n) is 8.85. The van der Waals surface area contributed by atoms with Crippen LogP contribution >= 0.6 is 0 Å². The van der Waals surface area contributed by atoms with Crippen molar-refractivity contribution >= 4 is 0 Å². The summed E-state index contributed by atoms with van der Waals surface area (Å²) in [5.74, 6) is 0.358. The molecule has 0 aliphatic carbocycles. The van der Waals surface area contributed by atoms with Crippen molar-refractivity contribution in [2.75, 3.05) is 7.05 Å². The van der Waals surface area contributed by atoms with Gasteiger partial charge in [-0.25, -0.2) is 0 Å². The van der Waals surface area contributed by atoms with Gasteiger partial charge in [-0.05, 0) is 45.2 Å². The minimum Gasteiger partial charge on any atom is -0.507 e. The SMILES string of the molecule is CN(O)C(c1ccccc1)c1cc(C(C)(C)C)c(O)c(C(C)(C)C)c1. The van der Waals surface area contributed by atoms with E-state index in [0.717, 1.165) is 22.3 Å². The van der Waals surface area contributed by atoms with Gasteiger partial charge in [0.15, 0.2) is 0 Å². The third-order valence-electron chi connectivity index (χ3n) is 4.55. The van der Waals surface area contributed by atoms with Crippen molar-refractivity contribution < 1.29 is 10.3 Å². The number of phenolic OH excluding ortho intramolecular Hbond substituents is 1. The van der Waals surface area contributed by atoms with Gasteiger partial charge in [0.1, 0.15) is 5.75 Å².